The van der Waals surface area contributed by atoms with E-state index in [0.29, 0.717) is 22.8 Å². The fourth-order valence-corrected chi connectivity index (χ4v) is 7.44. The second-order valence-corrected chi connectivity index (χ2v) is 9.27. The average molecular weight is 353 g/mol. The average Bonchev–Trinajstić information content (AvgIpc) is 2.88. The molecule has 0 radical (unpaired) electrons. The van der Waals surface area contributed by atoms with Crippen molar-refractivity contribution in [3.8, 4) is 0 Å². The van der Waals surface area contributed by atoms with Gasteiger partial charge in [0.25, 0.3) is 0 Å². The van der Waals surface area contributed by atoms with Gasteiger partial charge in [0.15, 0.2) is 5.78 Å². The molecule has 4 aliphatic carbocycles. The lowest BCUT2D eigenvalue weighted by molar-refractivity contribution is -0.117. The lowest BCUT2D eigenvalue weighted by Gasteiger charge is -2.57. The first-order valence-electron chi connectivity index (χ1n) is 9.14. The Morgan fingerprint density at radius 1 is 1.00 bits per heavy atom. The van der Waals surface area contributed by atoms with Crippen molar-refractivity contribution in [2.75, 3.05) is 0 Å². The Labute approximate surface area is 149 Å². The van der Waals surface area contributed by atoms with E-state index in [1.54, 1.807) is 0 Å². The first kappa shape index (κ1) is 16.2. The fraction of sp³-hybridized carbons (Fsp3) is 0.750. The summed E-state index contributed by atoms with van der Waals surface area (Å²) in [6.45, 7) is 4.84. The molecule has 0 aromatic heterocycles. The predicted octanol–water partition coefficient (Wildman–Crippen LogP) is 6.21. The van der Waals surface area contributed by atoms with Crippen molar-refractivity contribution >= 4 is 29.0 Å². The molecule has 23 heavy (non-hydrogen) atoms. The van der Waals surface area contributed by atoms with Gasteiger partial charge in [-0.25, -0.2) is 0 Å². The van der Waals surface area contributed by atoms with Crippen LogP contribution in [0.15, 0.2) is 21.7 Å². The largest absolute Gasteiger partial charge is 0.293 e. The molecule has 0 aromatic carbocycles. The van der Waals surface area contributed by atoms with Crippen LogP contribution in [-0.4, -0.2) is 5.78 Å². The molecular weight excluding hydrogens is 327 g/mol. The summed E-state index contributed by atoms with van der Waals surface area (Å²) in [4.78, 5) is 12.1. The molecule has 0 heterocycles. The first-order valence-corrected chi connectivity index (χ1v) is 9.95. The number of hydrogen-bond donors (Lipinski definition) is 0. The van der Waals surface area contributed by atoms with E-state index in [-0.39, 0.29) is 11.2 Å². The number of allylic oxidation sites excluding steroid dienone is 2. The van der Waals surface area contributed by atoms with Crippen molar-refractivity contribution in [3.63, 3.8) is 0 Å². The second kappa shape index (κ2) is 5.36. The summed E-state index contributed by atoms with van der Waals surface area (Å²) in [5, 5.41) is 0.582. The van der Waals surface area contributed by atoms with Crippen LogP contribution >= 0.6 is 23.2 Å². The molecule has 0 aromatic rings. The summed E-state index contributed by atoms with van der Waals surface area (Å²) in [6.07, 6.45) is 8.82. The summed E-state index contributed by atoms with van der Waals surface area (Å²) in [5.41, 5.74) is 5.10. The minimum atomic E-state index is 0.155. The maximum Gasteiger partial charge on any atom is 0.174 e. The molecule has 0 amide bonds. The van der Waals surface area contributed by atoms with Crippen molar-refractivity contribution in [3.05, 3.63) is 21.7 Å². The van der Waals surface area contributed by atoms with E-state index in [0.717, 1.165) is 24.7 Å². The van der Waals surface area contributed by atoms with E-state index in [9.17, 15) is 4.79 Å². The summed E-state index contributed by atoms with van der Waals surface area (Å²) in [7, 11) is 0. The highest BCUT2D eigenvalue weighted by molar-refractivity contribution is 6.43. The van der Waals surface area contributed by atoms with Crippen LogP contribution in [0.1, 0.15) is 65.2 Å². The molecule has 1 nitrogen and oxygen atoms in total. The molecule has 0 unspecified atom stereocenters. The van der Waals surface area contributed by atoms with Crippen LogP contribution in [0, 0.1) is 28.6 Å². The van der Waals surface area contributed by atoms with Crippen LogP contribution in [0.25, 0.3) is 0 Å². The predicted molar refractivity (Wildman–Crippen MR) is 95.4 cm³/mol. The van der Waals surface area contributed by atoms with Gasteiger partial charge >= 0.3 is 0 Å². The number of rotatable bonds is 0. The fourth-order valence-electron chi connectivity index (χ4n) is 6.68. The van der Waals surface area contributed by atoms with Crippen molar-refractivity contribution in [1.82, 2.24) is 0 Å². The van der Waals surface area contributed by atoms with E-state index in [4.69, 9.17) is 23.2 Å². The minimum absolute atomic E-state index is 0.155. The minimum Gasteiger partial charge on any atom is -0.293 e. The number of carbonyl (C=O) groups is 1. The van der Waals surface area contributed by atoms with Gasteiger partial charge in [-0.3, -0.25) is 4.79 Å². The van der Waals surface area contributed by atoms with Gasteiger partial charge in [0.05, 0.1) is 5.03 Å². The number of hydrogen-bond acceptors (Lipinski definition) is 1. The van der Waals surface area contributed by atoms with Gasteiger partial charge in [0.1, 0.15) is 0 Å². The summed E-state index contributed by atoms with van der Waals surface area (Å²) in [5.74, 6) is 2.41. The SMILES string of the molecule is C[C@]12CCC(=O)C(Cl)=C1CC[C@@H]1[C@@H]2CC[C@]2(C)C(=CCl)CC[C@@H]12. The molecule has 3 fully saturated rings. The Morgan fingerprint density at radius 3 is 2.48 bits per heavy atom. The molecule has 3 heteroatoms. The third kappa shape index (κ3) is 2.08. The molecule has 0 aliphatic heterocycles. The normalized spacial score (nSPS) is 48.3. The zero-order valence-corrected chi connectivity index (χ0v) is 15.6. The number of fused-ring (bicyclic) bond motifs is 5. The van der Waals surface area contributed by atoms with Crippen molar-refractivity contribution in [2.24, 2.45) is 28.6 Å². The Bertz CT molecular complexity index is 619. The smallest absolute Gasteiger partial charge is 0.174 e. The van der Waals surface area contributed by atoms with Gasteiger partial charge < -0.3 is 0 Å². The van der Waals surface area contributed by atoms with Crippen LogP contribution in [-0.2, 0) is 4.79 Å². The molecule has 0 saturated heterocycles. The Balaban J connectivity index is 1.72. The Hall–Kier alpha value is -0.270. The molecule has 4 rings (SSSR count). The quantitative estimate of drug-likeness (QED) is 0.506. The molecule has 0 N–H and O–H groups in total. The van der Waals surface area contributed by atoms with Gasteiger partial charge in [-0.2, -0.15) is 0 Å². The third-order valence-electron chi connectivity index (χ3n) is 8.03. The van der Waals surface area contributed by atoms with E-state index in [1.807, 2.05) is 5.54 Å². The summed E-state index contributed by atoms with van der Waals surface area (Å²) >= 11 is 12.6. The lowest BCUT2D eigenvalue weighted by Crippen LogP contribution is -2.50. The van der Waals surface area contributed by atoms with Gasteiger partial charge in [-0.15, -0.1) is 0 Å². The molecular formula is C20H26Cl2O. The maximum atomic E-state index is 12.1. The van der Waals surface area contributed by atoms with Crippen LogP contribution in [0.4, 0.5) is 0 Å². The van der Waals surface area contributed by atoms with Crippen molar-refractivity contribution in [2.45, 2.75) is 65.2 Å². The van der Waals surface area contributed by atoms with E-state index < -0.39 is 0 Å². The Kier molecular flexibility index (Phi) is 3.78. The van der Waals surface area contributed by atoms with E-state index in [2.05, 4.69) is 13.8 Å². The highest BCUT2D eigenvalue weighted by Gasteiger charge is 2.58. The number of Topliss-reactive ketones (excluding diaryl/α,β-unsaturated/α-hetero) is 1. The number of carbonyl (C=O) groups excluding carboxylic acids is 1. The number of ketones is 1. The van der Waals surface area contributed by atoms with Gasteiger partial charge in [0, 0.05) is 12.0 Å². The molecule has 4 aliphatic rings. The standard InChI is InChI=1S/C20H26Cl2O/c1-19-9-7-15-13(14(19)5-3-12(19)11-21)4-6-16-18(22)17(23)8-10-20(15,16)2/h11,13-15H,3-10H2,1-2H3/t13-,14-,15-,19+,20+/m0/s1. The first-order chi connectivity index (χ1) is 10.9. The molecule has 0 bridgehead atoms. The van der Waals surface area contributed by atoms with Crippen LogP contribution in [0.5, 0.6) is 0 Å². The number of halogens is 2. The molecule has 5 atom stereocenters. The van der Waals surface area contributed by atoms with E-state index >= 15 is 0 Å². The molecule has 3 saturated carbocycles. The second-order valence-electron chi connectivity index (χ2n) is 8.68. The molecule has 126 valence electrons. The summed E-state index contributed by atoms with van der Waals surface area (Å²) < 4.78 is 0. The zero-order valence-electron chi connectivity index (χ0n) is 14.1. The summed E-state index contributed by atoms with van der Waals surface area (Å²) in [6, 6.07) is 0. The third-order valence-corrected chi connectivity index (χ3v) is 8.74. The monoisotopic (exact) mass is 352 g/mol. The van der Waals surface area contributed by atoms with Gasteiger partial charge in [-0.1, -0.05) is 42.6 Å². The lowest BCUT2D eigenvalue weighted by atomic mass is 9.47. The van der Waals surface area contributed by atoms with Crippen LogP contribution < -0.4 is 0 Å². The topological polar surface area (TPSA) is 17.1 Å². The Morgan fingerprint density at radius 2 is 1.74 bits per heavy atom. The zero-order chi connectivity index (χ0) is 16.4. The van der Waals surface area contributed by atoms with Crippen LogP contribution in [0.3, 0.4) is 0 Å². The molecule has 0 spiro atoms. The van der Waals surface area contributed by atoms with Crippen molar-refractivity contribution < 1.29 is 4.79 Å². The highest BCUT2D eigenvalue weighted by atomic mass is 35.5. The van der Waals surface area contributed by atoms with Crippen molar-refractivity contribution in [1.29, 1.82) is 0 Å². The van der Waals surface area contributed by atoms with Gasteiger partial charge in [0.2, 0.25) is 0 Å². The van der Waals surface area contributed by atoms with E-state index in [1.165, 1.54) is 43.3 Å². The highest BCUT2D eigenvalue weighted by Crippen LogP contribution is 2.67. The maximum absolute atomic E-state index is 12.1. The van der Waals surface area contributed by atoms with Crippen LogP contribution in [0.2, 0.25) is 0 Å². The van der Waals surface area contributed by atoms with Gasteiger partial charge in [-0.05, 0) is 79.1 Å².